The summed E-state index contributed by atoms with van der Waals surface area (Å²) < 4.78 is 0. The summed E-state index contributed by atoms with van der Waals surface area (Å²) in [6.45, 7) is 0.507. The van der Waals surface area contributed by atoms with Crippen molar-refractivity contribution in [3.63, 3.8) is 0 Å². The molecular formula is C13H16ClNO3. The molecule has 0 aliphatic carbocycles. The first-order valence-corrected chi connectivity index (χ1v) is 6.18. The van der Waals surface area contributed by atoms with Gasteiger partial charge in [0.25, 0.3) is 0 Å². The summed E-state index contributed by atoms with van der Waals surface area (Å²) >= 11 is 5.82. The quantitative estimate of drug-likeness (QED) is 0.746. The largest absolute Gasteiger partial charge is 0.481 e. The highest BCUT2D eigenvalue weighted by molar-refractivity contribution is 6.30. The van der Waals surface area contributed by atoms with Crippen molar-refractivity contribution in [2.75, 3.05) is 6.54 Å². The van der Waals surface area contributed by atoms with Crippen LogP contribution in [0.3, 0.4) is 0 Å². The van der Waals surface area contributed by atoms with Gasteiger partial charge in [0.2, 0.25) is 5.91 Å². The summed E-state index contributed by atoms with van der Waals surface area (Å²) in [5.74, 6) is -0.882. The lowest BCUT2D eigenvalue weighted by molar-refractivity contribution is -0.137. The van der Waals surface area contributed by atoms with E-state index in [1.807, 2.05) is 6.07 Å². The summed E-state index contributed by atoms with van der Waals surface area (Å²) in [5, 5.41) is 11.8. The molecular weight excluding hydrogens is 254 g/mol. The van der Waals surface area contributed by atoms with E-state index in [2.05, 4.69) is 5.32 Å². The van der Waals surface area contributed by atoms with Gasteiger partial charge in [-0.1, -0.05) is 23.7 Å². The summed E-state index contributed by atoms with van der Waals surface area (Å²) in [6.07, 6.45) is 1.68. The number of hydrogen-bond acceptors (Lipinski definition) is 2. The van der Waals surface area contributed by atoms with E-state index in [4.69, 9.17) is 16.7 Å². The Morgan fingerprint density at radius 3 is 2.72 bits per heavy atom. The Bertz CT molecular complexity index is 420. The van der Waals surface area contributed by atoms with Crippen LogP contribution in [0.2, 0.25) is 5.02 Å². The molecule has 4 nitrogen and oxygen atoms in total. The highest BCUT2D eigenvalue weighted by atomic mass is 35.5. The van der Waals surface area contributed by atoms with Gasteiger partial charge in [0.15, 0.2) is 0 Å². The summed E-state index contributed by atoms with van der Waals surface area (Å²) in [6, 6.07) is 7.16. The fraction of sp³-hybridized carbons (Fsp3) is 0.385. The van der Waals surface area contributed by atoms with Crippen molar-refractivity contribution in [2.45, 2.75) is 25.7 Å². The lowest BCUT2D eigenvalue weighted by atomic mass is 10.1. The minimum atomic E-state index is -0.805. The molecule has 0 aliphatic heterocycles. The predicted octanol–water partition coefficient (Wildman–Crippen LogP) is 2.25. The maximum absolute atomic E-state index is 11.6. The van der Waals surface area contributed by atoms with Gasteiger partial charge in [0.05, 0.1) is 6.42 Å². The van der Waals surface area contributed by atoms with E-state index >= 15 is 0 Å². The van der Waals surface area contributed by atoms with E-state index in [-0.39, 0.29) is 12.3 Å². The van der Waals surface area contributed by atoms with Crippen molar-refractivity contribution in [1.29, 1.82) is 0 Å². The molecule has 0 heterocycles. The second-order valence-corrected chi connectivity index (χ2v) is 4.44. The van der Waals surface area contributed by atoms with Crippen molar-refractivity contribution in [3.8, 4) is 0 Å². The average molecular weight is 270 g/mol. The lowest BCUT2D eigenvalue weighted by Gasteiger charge is -2.05. The normalized spacial score (nSPS) is 10.1. The van der Waals surface area contributed by atoms with Crippen LogP contribution < -0.4 is 5.32 Å². The van der Waals surface area contributed by atoms with Crippen LogP contribution in [0.5, 0.6) is 0 Å². The molecule has 0 spiro atoms. The van der Waals surface area contributed by atoms with E-state index in [0.29, 0.717) is 30.8 Å². The first-order valence-electron chi connectivity index (χ1n) is 5.81. The van der Waals surface area contributed by atoms with Crippen LogP contribution in [0.25, 0.3) is 0 Å². The van der Waals surface area contributed by atoms with E-state index < -0.39 is 5.97 Å². The van der Waals surface area contributed by atoms with Gasteiger partial charge in [-0.05, 0) is 30.5 Å². The van der Waals surface area contributed by atoms with Crippen molar-refractivity contribution in [3.05, 3.63) is 34.9 Å². The fourth-order valence-electron chi connectivity index (χ4n) is 1.52. The van der Waals surface area contributed by atoms with Gasteiger partial charge in [-0.15, -0.1) is 0 Å². The van der Waals surface area contributed by atoms with Gasteiger partial charge in [-0.2, -0.15) is 0 Å². The van der Waals surface area contributed by atoms with Crippen LogP contribution in [-0.4, -0.2) is 23.5 Å². The molecule has 0 saturated heterocycles. The Hall–Kier alpha value is -1.55. The molecule has 1 rings (SSSR count). The van der Waals surface area contributed by atoms with Crippen LogP contribution in [0, 0.1) is 0 Å². The Morgan fingerprint density at radius 2 is 2.06 bits per heavy atom. The van der Waals surface area contributed by atoms with Gasteiger partial charge in [0.1, 0.15) is 0 Å². The highest BCUT2D eigenvalue weighted by Gasteiger charge is 2.03. The van der Waals surface area contributed by atoms with Crippen LogP contribution >= 0.6 is 11.6 Å². The number of carbonyl (C=O) groups excluding carboxylic acids is 1. The van der Waals surface area contributed by atoms with Crippen molar-refractivity contribution in [2.24, 2.45) is 0 Å². The number of carboxylic acids is 1. The third-order valence-electron chi connectivity index (χ3n) is 2.39. The molecule has 0 radical (unpaired) electrons. The molecule has 0 bridgehead atoms. The predicted molar refractivity (Wildman–Crippen MR) is 69.7 cm³/mol. The number of amides is 1. The Balaban J connectivity index is 2.20. The molecule has 1 aromatic rings. The van der Waals surface area contributed by atoms with Crippen LogP contribution in [0.1, 0.15) is 24.8 Å². The molecule has 0 saturated carbocycles. The van der Waals surface area contributed by atoms with Crippen molar-refractivity contribution in [1.82, 2.24) is 5.32 Å². The topological polar surface area (TPSA) is 66.4 Å². The number of nitrogens with one attached hydrogen (secondary N) is 1. The second-order valence-electron chi connectivity index (χ2n) is 4.01. The number of aliphatic carboxylic acids is 1. The fourth-order valence-corrected chi connectivity index (χ4v) is 1.74. The van der Waals surface area contributed by atoms with Gasteiger partial charge in [-0.25, -0.2) is 0 Å². The number of hydrogen-bond donors (Lipinski definition) is 2. The molecule has 98 valence electrons. The van der Waals surface area contributed by atoms with Crippen LogP contribution in [-0.2, 0) is 16.0 Å². The third kappa shape index (κ3) is 6.25. The minimum Gasteiger partial charge on any atom is -0.481 e. The second kappa shape index (κ2) is 7.71. The average Bonchev–Trinajstić information content (AvgIpc) is 2.28. The van der Waals surface area contributed by atoms with Crippen molar-refractivity contribution >= 4 is 23.5 Å². The molecule has 5 heteroatoms. The van der Waals surface area contributed by atoms with E-state index in [0.717, 1.165) is 5.56 Å². The van der Waals surface area contributed by atoms with Crippen LogP contribution in [0.15, 0.2) is 24.3 Å². The molecule has 0 unspecified atom stereocenters. The van der Waals surface area contributed by atoms with E-state index in [9.17, 15) is 9.59 Å². The smallest absolute Gasteiger partial charge is 0.303 e. The highest BCUT2D eigenvalue weighted by Crippen LogP contribution is 2.10. The van der Waals surface area contributed by atoms with Crippen LogP contribution in [0.4, 0.5) is 0 Å². The number of halogens is 1. The SMILES string of the molecule is O=C(O)CCCCNC(=O)Cc1cccc(Cl)c1. The number of carbonyl (C=O) groups is 2. The zero-order chi connectivity index (χ0) is 13.4. The number of unbranched alkanes of at least 4 members (excludes halogenated alkanes) is 1. The number of carboxylic acid groups (broad SMARTS) is 1. The van der Waals surface area contributed by atoms with E-state index in [1.165, 1.54) is 0 Å². The van der Waals surface area contributed by atoms with Gasteiger partial charge in [-0.3, -0.25) is 9.59 Å². The monoisotopic (exact) mass is 269 g/mol. The van der Waals surface area contributed by atoms with E-state index in [1.54, 1.807) is 18.2 Å². The zero-order valence-corrected chi connectivity index (χ0v) is 10.7. The summed E-state index contributed by atoms with van der Waals surface area (Å²) in [4.78, 5) is 21.8. The lowest BCUT2D eigenvalue weighted by Crippen LogP contribution is -2.26. The number of rotatable bonds is 7. The molecule has 0 atom stereocenters. The molecule has 1 amide bonds. The first-order chi connectivity index (χ1) is 8.58. The first kappa shape index (κ1) is 14.5. The molecule has 0 aliphatic rings. The maximum Gasteiger partial charge on any atom is 0.303 e. The maximum atomic E-state index is 11.6. The molecule has 1 aromatic carbocycles. The van der Waals surface area contributed by atoms with Gasteiger partial charge < -0.3 is 10.4 Å². The number of benzene rings is 1. The Kier molecular flexibility index (Phi) is 6.22. The molecule has 2 N–H and O–H groups in total. The molecule has 18 heavy (non-hydrogen) atoms. The minimum absolute atomic E-state index is 0.0763. The Labute approximate surface area is 111 Å². The zero-order valence-electron chi connectivity index (χ0n) is 9.99. The van der Waals surface area contributed by atoms with Crippen molar-refractivity contribution < 1.29 is 14.7 Å². The third-order valence-corrected chi connectivity index (χ3v) is 2.63. The summed E-state index contributed by atoms with van der Waals surface area (Å²) in [7, 11) is 0. The van der Waals surface area contributed by atoms with Gasteiger partial charge in [0, 0.05) is 18.0 Å². The Morgan fingerprint density at radius 1 is 1.28 bits per heavy atom. The summed E-state index contributed by atoms with van der Waals surface area (Å²) in [5.41, 5.74) is 0.866. The molecule has 0 aromatic heterocycles. The van der Waals surface area contributed by atoms with Gasteiger partial charge >= 0.3 is 5.97 Å². The molecule has 0 fully saturated rings. The standard InChI is InChI=1S/C13H16ClNO3/c14-11-5-3-4-10(8-11)9-12(16)15-7-2-1-6-13(17)18/h3-5,8H,1-2,6-7,9H2,(H,15,16)(H,17,18).